The molecule has 12 heteroatoms. The third kappa shape index (κ3) is 19.3. The molecule has 1 saturated heterocycles. The van der Waals surface area contributed by atoms with Gasteiger partial charge in [0.1, 0.15) is 6.61 Å². The Morgan fingerprint density at radius 2 is 1.33 bits per heavy atom. The normalized spacial score (nSPS) is 16.0. The molecule has 0 spiro atoms. The lowest BCUT2D eigenvalue weighted by Gasteiger charge is -2.40. The zero-order valence-corrected chi connectivity index (χ0v) is 47.9. The molecule has 5 unspecified atom stereocenters. The Labute approximate surface area is 460 Å². The van der Waals surface area contributed by atoms with Crippen LogP contribution in [0.4, 0.5) is 0 Å². The summed E-state index contributed by atoms with van der Waals surface area (Å²) in [5.74, 6) is -0.544. The third-order valence-corrected chi connectivity index (χ3v) is 16.5. The molecule has 404 valence electrons. The molecule has 1 heterocycles. The summed E-state index contributed by atoms with van der Waals surface area (Å²) in [7, 11) is -0.444. The van der Waals surface area contributed by atoms with Crippen LogP contribution in [0.15, 0.2) is 103 Å². The first kappa shape index (κ1) is 61.1. The molecule has 0 aromatic heterocycles. The highest BCUT2D eigenvalue weighted by Crippen LogP contribution is 2.51. The predicted octanol–water partition coefficient (Wildman–Crippen LogP) is 15.5. The molecule has 1 fully saturated rings. The SMILES string of the molecule is CCCCCC(CC)CCCCCCOC(=O)c1ccc(C(CC(C)(C)C#N)CC(C)(CC(C)(SC(=S)c2ccccc2)c2ccc(COC(=O)c3ccc(B4OCC(CC)O4)cc3)cc2)C(=O)OCCCC)cc1. The fraction of sp³-hybridized carbons (Fsp3) is 0.540. The standard InChI is InChI=1S/C63H84BNO8S2/c1-9-13-18-23-47(11-3)24-19-15-16-22-40-69-57(66)50-31-29-49(30-32-50)53(41-61(5,6)46-65)42-62(7,60(68)70-39-14-10-2)45-63(8,75-59(74)52-25-20-17-21-26-52)54-35-27-48(28-36-54)43-71-58(67)51-33-37-55(38-34-51)64-72-44-56(12-4)73-64/h17,20-21,25-38,47,53,56H,9-16,18-19,22-24,39-45H2,1-8H3. The number of thiocarbonyl (C=S) groups is 1. The molecular weight excluding hydrogens is 974 g/mol. The summed E-state index contributed by atoms with van der Waals surface area (Å²) in [6.07, 6.45) is 15.7. The van der Waals surface area contributed by atoms with Crippen molar-refractivity contribution in [1.29, 1.82) is 5.26 Å². The minimum atomic E-state index is -1.07. The fourth-order valence-corrected chi connectivity index (χ4v) is 12.1. The Balaban J connectivity index is 1.34. The maximum Gasteiger partial charge on any atom is 0.494 e. The van der Waals surface area contributed by atoms with E-state index in [1.54, 1.807) is 24.3 Å². The molecule has 4 aromatic carbocycles. The van der Waals surface area contributed by atoms with Crippen LogP contribution < -0.4 is 5.46 Å². The number of ether oxygens (including phenoxy) is 3. The first-order chi connectivity index (χ1) is 36.0. The van der Waals surface area contributed by atoms with Crippen LogP contribution >= 0.6 is 24.0 Å². The number of carbonyl (C=O) groups excluding carboxylic acids is 3. The second kappa shape index (κ2) is 30.8. The van der Waals surface area contributed by atoms with E-state index >= 15 is 0 Å². The van der Waals surface area contributed by atoms with Crippen molar-refractivity contribution in [3.63, 3.8) is 0 Å². The van der Waals surface area contributed by atoms with Gasteiger partial charge >= 0.3 is 25.0 Å². The van der Waals surface area contributed by atoms with E-state index in [0.717, 1.165) is 72.2 Å². The number of thioether (sulfide) groups is 1. The minimum absolute atomic E-state index is 0.0626. The highest BCUT2D eigenvalue weighted by molar-refractivity contribution is 8.24. The van der Waals surface area contributed by atoms with E-state index in [2.05, 4.69) is 40.7 Å². The number of esters is 3. The molecule has 0 amide bonds. The quantitative estimate of drug-likeness (QED) is 0.0153. The van der Waals surface area contributed by atoms with Gasteiger partial charge in [0.2, 0.25) is 0 Å². The Morgan fingerprint density at radius 3 is 1.95 bits per heavy atom. The Bertz CT molecular complexity index is 2430. The van der Waals surface area contributed by atoms with Crippen molar-refractivity contribution in [2.45, 2.75) is 181 Å². The topological polar surface area (TPSA) is 121 Å². The predicted molar refractivity (Wildman–Crippen MR) is 309 cm³/mol. The zero-order valence-electron chi connectivity index (χ0n) is 46.3. The van der Waals surface area contributed by atoms with Gasteiger partial charge in [0.25, 0.3) is 0 Å². The van der Waals surface area contributed by atoms with E-state index in [4.69, 9.17) is 35.7 Å². The van der Waals surface area contributed by atoms with Gasteiger partial charge in [-0.1, -0.05) is 183 Å². The number of rotatable bonds is 32. The lowest BCUT2D eigenvalue weighted by atomic mass is 9.68. The molecule has 75 heavy (non-hydrogen) atoms. The van der Waals surface area contributed by atoms with E-state index < -0.39 is 28.7 Å². The summed E-state index contributed by atoms with van der Waals surface area (Å²) in [6, 6.07) is 35.0. The highest BCUT2D eigenvalue weighted by atomic mass is 32.2. The van der Waals surface area contributed by atoms with Crippen LogP contribution in [0.3, 0.4) is 0 Å². The summed E-state index contributed by atoms with van der Waals surface area (Å²) in [5.41, 5.74) is 3.52. The number of nitrogens with zero attached hydrogens (tertiary/aromatic N) is 1. The van der Waals surface area contributed by atoms with Gasteiger partial charge in [-0.25, -0.2) is 9.59 Å². The van der Waals surface area contributed by atoms with Gasteiger partial charge in [0.05, 0.1) is 58.1 Å². The maximum atomic E-state index is 14.8. The van der Waals surface area contributed by atoms with Crippen LogP contribution in [0, 0.1) is 28.1 Å². The molecule has 5 atom stereocenters. The van der Waals surface area contributed by atoms with Crippen molar-refractivity contribution in [2.24, 2.45) is 16.7 Å². The van der Waals surface area contributed by atoms with Gasteiger partial charge in [0.15, 0.2) is 0 Å². The first-order valence-electron chi connectivity index (χ1n) is 27.8. The monoisotopic (exact) mass is 1060 g/mol. The van der Waals surface area contributed by atoms with E-state index in [1.165, 1.54) is 56.7 Å². The summed E-state index contributed by atoms with van der Waals surface area (Å²) < 4.78 is 29.3. The molecule has 9 nitrogen and oxygen atoms in total. The summed E-state index contributed by atoms with van der Waals surface area (Å²) in [5, 5.41) is 10.4. The molecule has 0 aliphatic carbocycles. The molecule has 0 saturated carbocycles. The summed E-state index contributed by atoms with van der Waals surface area (Å²) >= 11 is 7.70. The van der Waals surface area contributed by atoms with Crippen LogP contribution in [-0.4, -0.2) is 55.1 Å². The van der Waals surface area contributed by atoms with Gasteiger partial charge in [0, 0.05) is 4.75 Å². The lowest BCUT2D eigenvalue weighted by molar-refractivity contribution is -0.157. The van der Waals surface area contributed by atoms with Crippen LogP contribution in [0.2, 0.25) is 0 Å². The second-order valence-electron chi connectivity index (χ2n) is 21.8. The number of hydrogen-bond acceptors (Lipinski definition) is 11. The maximum absolute atomic E-state index is 14.8. The molecule has 1 aliphatic rings. The second-order valence-corrected chi connectivity index (χ2v) is 24.0. The molecule has 0 N–H and O–H groups in total. The van der Waals surface area contributed by atoms with Crippen LogP contribution in [0.25, 0.3) is 0 Å². The number of carbonyl (C=O) groups is 3. The van der Waals surface area contributed by atoms with Gasteiger partial charge in [-0.15, -0.1) is 11.8 Å². The Hall–Kier alpha value is -4.80. The number of hydrogen-bond donors (Lipinski definition) is 0. The molecule has 0 radical (unpaired) electrons. The highest BCUT2D eigenvalue weighted by Gasteiger charge is 2.46. The van der Waals surface area contributed by atoms with Crippen LogP contribution in [0.5, 0.6) is 0 Å². The number of unbranched alkanes of at least 4 members (excludes halogenated alkanes) is 6. The average Bonchev–Trinajstić information content (AvgIpc) is 3.91. The van der Waals surface area contributed by atoms with Gasteiger partial charge in [-0.05, 0) is 130 Å². The van der Waals surface area contributed by atoms with E-state index in [0.29, 0.717) is 54.4 Å². The van der Waals surface area contributed by atoms with E-state index in [1.807, 2.05) is 99.6 Å². The smallest absolute Gasteiger partial charge is 0.465 e. The van der Waals surface area contributed by atoms with Crippen LogP contribution in [-0.2, 0) is 39.7 Å². The number of nitriles is 1. The van der Waals surface area contributed by atoms with Crippen LogP contribution in [0.1, 0.15) is 207 Å². The fourth-order valence-electron chi connectivity index (χ4n) is 10.1. The lowest BCUT2D eigenvalue weighted by Crippen LogP contribution is -2.39. The molecule has 0 bridgehead atoms. The summed E-state index contributed by atoms with van der Waals surface area (Å²) in [6.45, 7) is 17.9. The third-order valence-electron chi connectivity index (χ3n) is 14.7. The number of benzene rings is 4. The zero-order chi connectivity index (χ0) is 54.3. The summed E-state index contributed by atoms with van der Waals surface area (Å²) in [4.78, 5) is 41.3. The van der Waals surface area contributed by atoms with Gasteiger partial charge < -0.3 is 23.5 Å². The molecule has 1 aliphatic heterocycles. The average molecular weight is 1060 g/mol. The molecular formula is C63H84BNO8S2. The first-order valence-corrected chi connectivity index (χ1v) is 29.1. The molecule has 5 rings (SSSR count). The van der Waals surface area contributed by atoms with Crippen molar-refractivity contribution in [1.82, 2.24) is 0 Å². The minimum Gasteiger partial charge on any atom is -0.465 e. The van der Waals surface area contributed by atoms with Crippen molar-refractivity contribution in [3.8, 4) is 6.07 Å². The van der Waals surface area contributed by atoms with Crippen molar-refractivity contribution in [2.75, 3.05) is 19.8 Å². The van der Waals surface area contributed by atoms with Gasteiger partial charge in [-0.2, -0.15) is 5.26 Å². The van der Waals surface area contributed by atoms with Crippen molar-refractivity contribution >= 4 is 58.7 Å². The largest absolute Gasteiger partial charge is 0.494 e. The van der Waals surface area contributed by atoms with Crippen molar-refractivity contribution < 1.29 is 37.9 Å². The molecule has 4 aromatic rings. The van der Waals surface area contributed by atoms with Gasteiger partial charge in [-0.3, -0.25) is 4.79 Å². The van der Waals surface area contributed by atoms with E-state index in [9.17, 15) is 19.6 Å². The van der Waals surface area contributed by atoms with Crippen molar-refractivity contribution in [3.05, 3.63) is 137 Å². The van der Waals surface area contributed by atoms with E-state index in [-0.39, 0.29) is 30.6 Å². The Kier molecular flexibility index (Phi) is 25.1. The Morgan fingerprint density at radius 1 is 0.720 bits per heavy atom.